The first-order valence-electron chi connectivity index (χ1n) is 7.51. The zero-order valence-electron chi connectivity index (χ0n) is 12.6. The van der Waals surface area contributed by atoms with Crippen LogP contribution in [0.4, 0.5) is 4.79 Å². The van der Waals surface area contributed by atoms with Crippen molar-refractivity contribution in [3.05, 3.63) is 35.9 Å². The molecule has 1 unspecified atom stereocenters. The van der Waals surface area contributed by atoms with Gasteiger partial charge in [0.2, 0.25) is 0 Å². The van der Waals surface area contributed by atoms with Crippen LogP contribution in [0.1, 0.15) is 18.9 Å². The van der Waals surface area contributed by atoms with Gasteiger partial charge in [0.15, 0.2) is 0 Å². The van der Waals surface area contributed by atoms with Crippen LogP contribution in [0.15, 0.2) is 30.3 Å². The Labute approximate surface area is 126 Å². The van der Waals surface area contributed by atoms with Crippen molar-refractivity contribution in [2.75, 3.05) is 32.7 Å². The van der Waals surface area contributed by atoms with E-state index in [9.17, 15) is 9.90 Å². The zero-order valence-corrected chi connectivity index (χ0v) is 12.6. The molecule has 1 atom stereocenters. The molecule has 116 valence electrons. The van der Waals surface area contributed by atoms with Crippen LogP contribution in [-0.4, -0.2) is 59.8 Å². The first-order chi connectivity index (χ1) is 10.1. The van der Waals surface area contributed by atoms with Gasteiger partial charge in [-0.05, 0) is 18.9 Å². The van der Waals surface area contributed by atoms with Crippen LogP contribution >= 0.6 is 0 Å². The number of piperazine rings is 1. The third kappa shape index (κ3) is 5.36. The van der Waals surface area contributed by atoms with Crippen molar-refractivity contribution in [2.24, 2.45) is 0 Å². The van der Waals surface area contributed by atoms with Gasteiger partial charge in [0.05, 0.1) is 6.10 Å². The molecule has 5 heteroatoms. The van der Waals surface area contributed by atoms with Gasteiger partial charge in [-0.3, -0.25) is 4.90 Å². The molecule has 1 aliphatic heterocycles. The van der Waals surface area contributed by atoms with E-state index in [4.69, 9.17) is 4.74 Å². The van der Waals surface area contributed by atoms with Crippen LogP contribution in [0.25, 0.3) is 0 Å². The lowest BCUT2D eigenvalue weighted by Crippen LogP contribution is -2.49. The lowest BCUT2D eigenvalue weighted by molar-refractivity contribution is 0.0671. The first kappa shape index (κ1) is 15.8. The van der Waals surface area contributed by atoms with E-state index in [2.05, 4.69) is 4.90 Å². The Balaban J connectivity index is 1.68. The Kier molecular flexibility index (Phi) is 6.02. The summed E-state index contributed by atoms with van der Waals surface area (Å²) in [5.41, 5.74) is 1.00. The van der Waals surface area contributed by atoms with Gasteiger partial charge < -0.3 is 14.7 Å². The molecule has 0 radical (unpaired) electrons. The van der Waals surface area contributed by atoms with Crippen LogP contribution in [-0.2, 0) is 11.3 Å². The van der Waals surface area contributed by atoms with Crippen LogP contribution in [0, 0.1) is 0 Å². The molecule has 1 fully saturated rings. The highest BCUT2D eigenvalue weighted by atomic mass is 16.6. The molecule has 21 heavy (non-hydrogen) atoms. The molecule has 1 N–H and O–H groups in total. The number of carbonyl (C=O) groups excluding carboxylic acids is 1. The van der Waals surface area contributed by atoms with E-state index >= 15 is 0 Å². The molecule has 1 aliphatic rings. The Morgan fingerprint density at radius 3 is 2.52 bits per heavy atom. The number of hydrogen-bond donors (Lipinski definition) is 1. The van der Waals surface area contributed by atoms with Crippen LogP contribution in [0.3, 0.4) is 0 Å². The summed E-state index contributed by atoms with van der Waals surface area (Å²) in [7, 11) is 0. The molecule has 0 saturated carbocycles. The van der Waals surface area contributed by atoms with Gasteiger partial charge in [0.1, 0.15) is 6.61 Å². The highest BCUT2D eigenvalue weighted by Gasteiger charge is 2.22. The second kappa shape index (κ2) is 8.00. The monoisotopic (exact) mass is 292 g/mol. The molecular formula is C16H24N2O3. The smallest absolute Gasteiger partial charge is 0.410 e. The highest BCUT2D eigenvalue weighted by molar-refractivity contribution is 5.67. The normalized spacial score (nSPS) is 17.5. The fourth-order valence-electron chi connectivity index (χ4n) is 2.33. The second-order valence-corrected chi connectivity index (χ2v) is 5.51. The Hall–Kier alpha value is -1.59. The molecule has 1 aromatic carbocycles. The number of aliphatic hydroxyl groups is 1. The topological polar surface area (TPSA) is 53.0 Å². The number of carbonyl (C=O) groups is 1. The van der Waals surface area contributed by atoms with Gasteiger partial charge in [-0.1, -0.05) is 30.3 Å². The van der Waals surface area contributed by atoms with Crippen LogP contribution in [0.5, 0.6) is 0 Å². The van der Waals surface area contributed by atoms with Crippen LogP contribution in [0.2, 0.25) is 0 Å². The van der Waals surface area contributed by atoms with Crippen molar-refractivity contribution >= 4 is 6.09 Å². The third-order valence-corrected chi connectivity index (χ3v) is 3.70. The summed E-state index contributed by atoms with van der Waals surface area (Å²) in [4.78, 5) is 16.0. The molecule has 0 spiro atoms. The van der Waals surface area contributed by atoms with Crippen molar-refractivity contribution in [1.29, 1.82) is 0 Å². The maximum atomic E-state index is 12.0. The van der Waals surface area contributed by atoms with Crippen molar-refractivity contribution < 1.29 is 14.6 Å². The van der Waals surface area contributed by atoms with Crippen molar-refractivity contribution in [3.8, 4) is 0 Å². The van der Waals surface area contributed by atoms with Crippen LogP contribution < -0.4 is 0 Å². The number of aliphatic hydroxyl groups excluding tert-OH is 1. The van der Waals surface area contributed by atoms with E-state index in [1.54, 1.807) is 11.8 Å². The Morgan fingerprint density at radius 2 is 1.90 bits per heavy atom. The minimum Gasteiger partial charge on any atom is -0.445 e. The highest BCUT2D eigenvalue weighted by Crippen LogP contribution is 2.07. The summed E-state index contributed by atoms with van der Waals surface area (Å²) in [6.07, 6.45) is 0.270. The van der Waals surface area contributed by atoms with Gasteiger partial charge in [-0.2, -0.15) is 0 Å². The molecule has 0 aromatic heterocycles. The lowest BCUT2D eigenvalue weighted by atomic mass is 10.2. The van der Waals surface area contributed by atoms with Crippen molar-refractivity contribution in [1.82, 2.24) is 9.80 Å². The molecular weight excluding hydrogens is 268 g/mol. The van der Waals surface area contributed by atoms with Gasteiger partial charge >= 0.3 is 6.09 Å². The fourth-order valence-corrected chi connectivity index (χ4v) is 2.33. The average molecular weight is 292 g/mol. The number of nitrogens with zero attached hydrogens (tertiary/aromatic N) is 2. The number of rotatable bonds is 5. The summed E-state index contributed by atoms with van der Waals surface area (Å²) < 4.78 is 5.33. The zero-order chi connectivity index (χ0) is 15.1. The molecule has 1 saturated heterocycles. The quantitative estimate of drug-likeness (QED) is 0.897. The molecule has 1 aromatic rings. The van der Waals surface area contributed by atoms with Gasteiger partial charge in [-0.15, -0.1) is 0 Å². The minimum absolute atomic E-state index is 0.242. The average Bonchev–Trinajstić information content (AvgIpc) is 2.52. The minimum atomic E-state index is -0.265. The summed E-state index contributed by atoms with van der Waals surface area (Å²) in [6, 6.07) is 9.70. The van der Waals surface area contributed by atoms with E-state index in [1.807, 2.05) is 30.3 Å². The lowest BCUT2D eigenvalue weighted by Gasteiger charge is -2.34. The van der Waals surface area contributed by atoms with Gasteiger partial charge in [-0.25, -0.2) is 4.79 Å². The largest absolute Gasteiger partial charge is 0.445 e. The SMILES string of the molecule is CC(O)CCN1CCN(C(=O)OCc2ccccc2)CC1. The van der Waals surface area contributed by atoms with E-state index in [0.717, 1.165) is 31.6 Å². The fraction of sp³-hybridized carbons (Fsp3) is 0.562. The summed E-state index contributed by atoms with van der Waals surface area (Å²) in [5.74, 6) is 0. The van der Waals surface area contributed by atoms with Gasteiger partial charge in [0, 0.05) is 32.7 Å². The molecule has 0 aliphatic carbocycles. The Bertz CT molecular complexity index is 428. The number of benzene rings is 1. The number of ether oxygens (including phenoxy) is 1. The Morgan fingerprint density at radius 1 is 1.24 bits per heavy atom. The predicted molar refractivity (Wildman–Crippen MR) is 80.9 cm³/mol. The summed E-state index contributed by atoms with van der Waals surface area (Å²) in [6.45, 7) is 6.06. The third-order valence-electron chi connectivity index (χ3n) is 3.70. The number of amides is 1. The van der Waals surface area contributed by atoms with Gasteiger partial charge in [0.25, 0.3) is 0 Å². The first-order valence-corrected chi connectivity index (χ1v) is 7.51. The van der Waals surface area contributed by atoms with E-state index in [1.165, 1.54) is 0 Å². The van der Waals surface area contributed by atoms with E-state index < -0.39 is 0 Å². The van der Waals surface area contributed by atoms with E-state index in [0.29, 0.717) is 19.7 Å². The summed E-state index contributed by atoms with van der Waals surface area (Å²) in [5, 5.41) is 9.29. The maximum Gasteiger partial charge on any atom is 0.410 e. The molecule has 2 rings (SSSR count). The molecule has 1 amide bonds. The maximum absolute atomic E-state index is 12.0. The van der Waals surface area contributed by atoms with E-state index in [-0.39, 0.29) is 12.2 Å². The molecule has 1 heterocycles. The molecule has 0 bridgehead atoms. The molecule has 5 nitrogen and oxygen atoms in total. The van der Waals surface area contributed by atoms with Crippen molar-refractivity contribution in [3.63, 3.8) is 0 Å². The standard InChI is InChI=1S/C16H24N2O3/c1-14(19)7-8-17-9-11-18(12-10-17)16(20)21-13-15-5-3-2-4-6-15/h2-6,14,19H,7-13H2,1H3. The predicted octanol–water partition coefficient (Wildman–Crippen LogP) is 1.71. The summed E-state index contributed by atoms with van der Waals surface area (Å²) >= 11 is 0. The second-order valence-electron chi connectivity index (χ2n) is 5.51. The number of hydrogen-bond acceptors (Lipinski definition) is 4. The van der Waals surface area contributed by atoms with Crippen molar-refractivity contribution in [2.45, 2.75) is 26.1 Å².